The highest BCUT2D eigenvalue weighted by molar-refractivity contribution is 5.84. The van der Waals surface area contributed by atoms with E-state index in [0.717, 1.165) is 37.5 Å². The highest BCUT2D eigenvalue weighted by Crippen LogP contribution is 2.59. The van der Waals surface area contributed by atoms with Gasteiger partial charge in [-0.25, -0.2) is 9.18 Å². The van der Waals surface area contributed by atoms with Crippen molar-refractivity contribution in [2.24, 2.45) is 23.7 Å². The van der Waals surface area contributed by atoms with Crippen molar-refractivity contribution >= 4 is 11.7 Å². The van der Waals surface area contributed by atoms with Crippen LogP contribution in [0, 0.1) is 29.5 Å². The average Bonchev–Trinajstić information content (AvgIpc) is 2.44. The van der Waals surface area contributed by atoms with Crippen molar-refractivity contribution in [1.82, 2.24) is 0 Å². The molecule has 0 unspecified atom stereocenters. The smallest absolute Gasteiger partial charge is 0.329 e. The molecule has 0 heterocycles. The molecule has 112 valence electrons. The Morgan fingerprint density at radius 1 is 1.05 bits per heavy atom. The first-order valence-corrected chi connectivity index (χ1v) is 7.85. The summed E-state index contributed by atoms with van der Waals surface area (Å²) < 4.78 is 13.1. The Bertz CT molecular complexity index is 541. The van der Waals surface area contributed by atoms with E-state index in [1.165, 1.54) is 18.6 Å². The number of carboxylic acids is 1. The van der Waals surface area contributed by atoms with Gasteiger partial charge in [-0.3, -0.25) is 0 Å². The Morgan fingerprint density at radius 3 is 2.05 bits per heavy atom. The molecule has 0 aliphatic heterocycles. The minimum Gasteiger partial charge on any atom is -0.479 e. The third kappa shape index (κ3) is 1.88. The van der Waals surface area contributed by atoms with Crippen LogP contribution in [0.1, 0.15) is 32.1 Å². The van der Waals surface area contributed by atoms with Crippen molar-refractivity contribution in [1.29, 1.82) is 0 Å². The van der Waals surface area contributed by atoms with Crippen molar-refractivity contribution in [3.63, 3.8) is 0 Å². The summed E-state index contributed by atoms with van der Waals surface area (Å²) in [6, 6.07) is 6.05. The summed E-state index contributed by atoms with van der Waals surface area (Å²) in [6.45, 7) is 0. The lowest BCUT2D eigenvalue weighted by molar-refractivity contribution is -0.157. The fourth-order valence-corrected chi connectivity index (χ4v) is 5.31. The van der Waals surface area contributed by atoms with Crippen LogP contribution in [0.4, 0.5) is 10.1 Å². The van der Waals surface area contributed by atoms with E-state index in [1.54, 1.807) is 12.1 Å². The number of halogens is 1. The Morgan fingerprint density at radius 2 is 1.57 bits per heavy atom. The van der Waals surface area contributed by atoms with Crippen LogP contribution in [0.3, 0.4) is 0 Å². The fraction of sp³-hybridized carbons (Fsp3) is 0.588. The summed E-state index contributed by atoms with van der Waals surface area (Å²) in [5, 5.41) is 13.3. The summed E-state index contributed by atoms with van der Waals surface area (Å²) in [7, 11) is 0. The molecule has 0 amide bonds. The summed E-state index contributed by atoms with van der Waals surface area (Å²) in [4.78, 5) is 12.1. The number of carboxylic acid groups (broad SMARTS) is 1. The standard InChI is InChI=1S/C17H20FNO2/c18-14-1-3-15(4-2-14)19-17(16(20)21)12-6-10-5-11(8-12)9-13(17)7-10/h1-4,10-13,19H,5-9H2,(H,20,21). The van der Waals surface area contributed by atoms with E-state index in [0.29, 0.717) is 5.69 Å². The van der Waals surface area contributed by atoms with E-state index in [2.05, 4.69) is 5.32 Å². The van der Waals surface area contributed by atoms with Gasteiger partial charge in [0.15, 0.2) is 0 Å². The van der Waals surface area contributed by atoms with Crippen LogP contribution in [0.5, 0.6) is 0 Å². The van der Waals surface area contributed by atoms with Gasteiger partial charge in [0.2, 0.25) is 0 Å². The first-order chi connectivity index (χ1) is 10.1. The van der Waals surface area contributed by atoms with Gasteiger partial charge < -0.3 is 10.4 Å². The molecular formula is C17H20FNO2. The van der Waals surface area contributed by atoms with Crippen molar-refractivity contribution in [2.45, 2.75) is 37.6 Å². The van der Waals surface area contributed by atoms with Gasteiger partial charge in [-0.1, -0.05) is 0 Å². The van der Waals surface area contributed by atoms with Gasteiger partial charge in [0.1, 0.15) is 11.4 Å². The molecule has 4 saturated carbocycles. The zero-order chi connectivity index (χ0) is 14.6. The quantitative estimate of drug-likeness (QED) is 0.895. The zero-order valence-corrected chi connectivity index (χ0v) is 11.9. The molecule has 3 nitrogen and oxygen atoms in total. The largest absolute Gasteiger partial charge is 0.479 e. The molecule has 2 N–H and O–H groups in total. The van der Waals surface area contributed by atoms with E-state index in [9.17, 15) is 14.3 Å². The number of hydrogen-bond donors (Lipinski definition) is 2. The second-order valence-electron chi connectivity index (χ2n) is 7.11. The van der Waals surface area contributed by atoms with Gasteiger partial charge in [0.25, 0.3) is 0 Å². The molecule has 0 atom stereocenters. The van der Waals surface area contributed by atoms with E-state index < -0.39 is 11.5 Å². The lowest BCUT2D eigenvalue weighted by atomic mass is 9.48. The number of hydrogen-bond acceptors (Lipinski definition) is 2. The Labute approximate surface area is 123 Å². The highest BCUT2D eigenvalue weighted by atomic mass is 19.1. The maximum absolute atomic E-state index is 13.1. The number of benzene rings is 1. The van der Waals surface area contributed by atoms with Crippen molar-refractivity contribution in [3.8, 4) is 0 Å². The lowest BCUT2D eigenvalue weighted by Gasteiger charge is -2.59. The topological polar surface area (TPSA) is 49.3 Å². The molecule has 4 heteroatoms. The van der Waals surface area contributed by atoms with Crippen LogP contribution in [0.15, 0.2) is 24.3 Å². The third-order valence-corrected chi connectivity index (χ3v) is 5.98. The first kappa shape index (κ1) is 13.1. The number of nitrogens with one attached hydrogen (secondary N) is 1. The first-order valence-electron chi connectivity index (χ1n) is 7.85. The summed E-state index contributed by atoms with van der Waals surface area (Å²) in [6.07, 6.45) is 5.38. The lowest BCUT2D eigenvalue weighted by Crippen LogP contribution is -2.65. The zero-order valence-electron chi connectivity index (χ0n) is 11.9. The predicted molar refractivity (Wildman–Crippen MR) is 77.4 cm³/mol. The Kier molecular flexibility index (Phi) is 2.78. The maximum Gasteiger partial charge on any atom is 0.329 e. The number of rotatable bonds is 3. The van der Waals surface area contributed by atoms with Crippen molar-refractivity contribution in [2.75, 3.05) is 5.32 Å². The second-order valence-corrected chi connectivity index (χ2v) is 7.11. The molecule has 1 aromatic rings. The van der Waals surface area contributed by atoms with Crippen LogP contribution in [-0.4, -0.2) is 16.6 Å². The average molecular weight is 289 g/mol. The molecule has 4 aliphatic carbocycles. The summed E-state index contributed by atoms with van der Waals surface area (Å²) >= 11 is 0. The molecule has 5 rings (SSSR count). The fourth-order valence-electron chi connectivity index (χ4n) is 5.31. The third-order valence-electron chi connectivity index (χ3n) is 5.98. The second kappa shape index (κ2) is 4.46. The van der Waals surface area contributed by atoms with Crippen molar-refractivity contribution in [3.05, 3.63) is 30.1 Å². The van der Waals surface area contributed by atoms with Gasteiger partial charge in [0, 0.05) is 5.69 Å². The van der Waals surface area contributed by atoms with Gasteiger partial charge in [-0.05, 0) is 80.0 Å². The van der Waals surface area contributed by atoms with Gasteiger partial charge >= 0.3 is 5.97 Å². The molecule has 0 aromatic heterocycles. The molecule has 1 aromatic carbocycles. The van der Waals surface area contributed by atoms with Crippen LogP contribution >= 0.6 is 0 Å². The van der Waals surface area contributed by atoms with E-state index in [1.807, 2.05) is 0 Å². The summed E-state index contributed by atoms with van der Waals surface area (Å²) in [5.74, 6) is 0.813. The molecular weight excluding hydrogens is 269 g/mol. The molecule has 4 aliphatic rings. The molecule has 0 spiro atoms. The Hall–Kier alpha value is -1.58. The molecule has 4 bridgehead atoms. The van der Waals surface area contributed by atoms with Gasteiger partial charge in [-0.2, -0.15) is 0 Å². The number of carbonyl (C=O) groups is 1. The van der Waals surface area contributed by atoms with E-state index >= 15 is 0 Å². The highest BCUT2D eigenvalue weighted by Gasteiger charge is 2.61. The number of anilines is 1. The van der Waals surface area contributed by atoms with Crippen LogP contribution in [0.25, 0.3) is 0 Å². The Balaban J connectivity index is 1.70. The van der Waals surface area contributed by atoms with Gasteiger partial charge in [-0.15, -0.1) is 0 Å². The van der Waals surface area contributed by atoms with E-state index in [-0.39, 0.29) is 17.7 Å². The number of aliphatic carboxylic acids is 1. The monoisotopic (exact) mass is 289 g/mol. The van der Waals surface area contributed by atoms with Crippen LogP contribution < -0.4 is 5.32 Å². The van der Waals surface area contributed by atoms with E-state index in [4.69, 9.17) is 0 Å². The minimum atomic E-state index is -0.856. The van der Waals surface area contributed by atoms with Crippen molar-refractivity contribution < 1.29 is 14.3 Å². The normalized spacial score (nSPS) is 40.2. The SMILES string of the molecule is O=C(O)C1(Nc2ccc(F)cc2)C2CC3CC(C2)CC1C3. The maximum atomic E-state index is 13.1. The molecule has 21 heavy (non-hydrogen) atoms. The summed E-state index contributed by atoms with van der Waals surface area (Å²) in [5.41, 5.74) is -0.142. The van der Waals surface area contributed by atoms with Crippen LogP contribution in [-0.2, 0) is 4.79 Å². The van der Waals surface area contributed by atoms with Crippen LogP contribution in [0.2, 0.25) is 0 Å². The molecule has 4 fully saturated rings. The molecule has 0 saturated heterocycles. The molecule has 0 radical (unpaired) electrons. The minimum absolute atomic E-state index is 0.205. The predicted octanol–water partition coefficient (Wildman–Crippen LogP) is 3.52. The van der Waals surface area contributed by atoms with Gasteiger partial charge in [0.05, 0.1) is 0 Å².